The van der Waals surface area contributed by atoms with Gasteiger partial charge in [0, 0.05) is 27.1 Å². The Morgan fingerprint density at radius 1 is 0.821 bits per heavy atom. The Hall–Kier alpha value is -4.86. The Labute approximate surface area is 221 Å². The van der Waals surface area contributed by atoms with E-state index in [1.807, 2.05) is 0 Å². The lowest BCUT2D eigenvalue weighted by Gasteiger charge is -2.13. The lowest BCUT2D eigenvalue weighted by molar-refractivity contribution is 0.398. The van der Waals surface area contributed by atoms with Gasteiger partial charge in [0.05, 0.1) is 33.8 Å². The standard InChI is InChI=1S/C30H20N2O6S/c1-38-39(36,37)19-13-11-18(12-14-19)31-23-16-15-22-25-24(20-9-5-6-10-21(20)29(34)26(23)25)27(30(35)32-22)28(33)17-7-3-2-4-8-17/h2-16,31,33H,1H3/b28-27-. The van der Waals surface area contributed by atoms with Crippen LogP contribution in [0.15, 0.2) is 105 Å². The molecule has 0 atom stereocenters. The fourth-order valence-corrected chi connectivity index (χ4v) is 5.56. The van der Waals surface area contributed by atoms with Crippen molar-refractivity contribution in [2.75, 3.05) is 12.4 Å². The summed E-state index contributed by atoms with van der Waals surface area (Å²) in [5, 5.41) is 16.6. The second-order valence-corrected chi connectivity index (χ2v) is 10.6. The third-order valence-electron chi connectivity index (χ3n) is 6.71. The molecule has 0 spiro atoms. The van der Waals surface area contributed by atoms with Gasteiger partial charge in [-0.2, -0.15) is 8.42 Å². The van der Waals surface area contributed by atoms with E-state index in [1.165, 1.54) is 12.1 Å². The normalized spacial score (nSPS) is 12.7. The van der Waals surface area contributed by atoms with Crippen LogP contribution in [0.2, 0.25) is 0 Å². The first-order valence-corrected chi connectivity index (χ1v) is 13.3. The average Bonchev–Trinajstić information content (AvgIpc) is 2.96. The summed E-state index contributed by atoms with van der Waals surface area (Å²) in [6, 6.07) is 24.8. The molecule has 1 aliphatic heterocycles. The summed E-state index contributed by atoms with van der Waals surface area (Å²) in [6.07, 6.45) is 0. The fraction of sp³-hybridized carbons (Fsp3) is 0.0333. The summed E-state index contributed by atoms with van der Waals surface area (Å²) in [5.74, 6) is -0.228. The molecule has 4 aromatic rings. The van der Waals surface area contributed by atoms with Crippen LogP contribution in [0.5, 0.6) is 0 Å². The van der Waals surface area contributed by atoms with Gasteiger partial charge in [0.15, 0.2) is 5.43 Å². The van der Waals surface area contributed by atoms with E-state index >= 15 is 0 Å². The fourth-order valence-electron chi connectivity index (χ4n) is 4.89. The highest BCUT2D eigenvalue weighted by Crippen LogP contribution is 2.27. The zero-order valence-electron chi connectivity index (χ0n) is 20.5. The Kier molecular flexibility index (Phi) is 5.75. The Bertz CT molecular complexity index is 2240. The Morgan fingerprint density at radius 3 is 2.18 bits per heavy atom. The van der Waals surface area contributed by atoms with Gasteiger partial charge < -0.3 is 10.4 Å². The molecule has 39 heavy (non-hydrogen) atoms. The van der Waals surface area contributed by atoms with E-state index in [0.29, 0.717) is 49.1 Å². The van der Waals surface area contributed by atoms with Crippen molar-refractivity contribution in [3.63, 3.8) is 0 Å². The van der Waals surface area contributed by atoms with E-state index in [9.17, 15) is 23.1 Å². The van der Waals surface area contributed by atoms with Crippen molar-refractivity contribution in [2.45, 2.75) is 4.90 Å². The third-order valence-corrected chi connectivity index (χ3v) is 8.00. The molecule has 0 fully saturated rings. The lowest BCUT2D eigenvalue weighted by Crippen LogP contribution is -2.33. The lowest BCUT2D eigenvalue weighted by atomic mass is 9.96. The molecule has 0 aromatic heterocycles. The van der Waals surface area contributed by atoms with Crippen molar-refractivity contribution in [3.05, 3.63) is 133 Å². The number of aliphatic hydroxyl groups excluding tert-OH is 1. The molecule has 0 unspecified atom stereocenters. The van der Waals surface area contributed by atoms with Gasteiger partial charge in [0.25, 0.3) is 15.7 Å². The second kappa shape index (κ2) is 9.16. The van der Waals surface area contributed by atoms with Gasteiger partial charge in [0.2, 0.25) is 0 Å². The highest BCUT2D eigenvalue weighted by molar-refractivity contribution is 7.86. The third kappa shape index (κ3) is 3.96. The predicted octanol–water partition coefficient (Wildman–Crippen LogP) is 3.78. The van der Waals surface area contributed by atoms with Crippen LogP contribution in [-0.2, 0) is 14.3 Å². The number of aliphatic hydroxyl groups is 1. The molecule has 0 bridgehead atoms. The molecule has 0 amide bonds. The number of nitrogens with zero attached hydrogens (tertiary/aromatic N) is 1. The summed E-state index contributed by atoms with van der Waals surface area (Å²) in [7, 11) is -2.77. The molecule has 1 aliphatic carbocycles. The molecule has 192 valence electrons. The molecule has 1 heterocycles. The van der Waals surface area contributed by atoms with Crippen LogP contribution in [0.3, 0.4) is 0 Å². The minimum absolute atomic E-state index is 0.00793. The van der Waals surface area contributed by atoms with Crippen LogP contribution in [0, 0.1) is 10.4 Å². The topological polar surface area (TPSA) is 123 Å². The number of rotatable bonds is 5. The van der Waals surface area contributed by atoms with E-state index in [4.69, 9.17) is 0 Å². The summed E-state index contributed by atoms with van der Waals surface area (Å²) in [6.45, 7) is 0. The molecule has 6 rings (SSSR count). The Morgan fingerprint density at radius 2 is 1.49 bits per heavy atom. The summed E-state index contributed by atoms with van der Waals surface area (Å²) in [5.41, 5.74) is 0.866. The van der Waals surface area contributed by atoms with Gasteiger partial charge in [-0.15, -0.1) is 0 Å². The maximum absolute atomic E-state index is 13.9. The molecule has 8 nitrogen and oxygen atoms in total. The zero-order valence-corrected chi connectivity index (χ0v) is 21.3. The van der Waals surface area contributed by atoms with Crippen molar-refractivity contribution >= 4 is 48.9 Å². The number of hydrogen-bond acceptors (Lipinski definition) is 8. The molecular weight excluding hydrogens is 516 g/mol. The van der Waals surface area contributed by atoms with Crippen molar-refractivity contribution in [3.8, 4) is 0 Å². The number of hydrogen-bond donors (Lipinski definition) is 2. The largest absolute Gasteiger partial charge is 0.506 e. The molecule has 2 aliphatic rings. The van der Waals surface area contributed by atoms with Gasteiger partial charge in [-0.3, -0.25) is 13.8 Å². The molecule has 9 heteroatoms. The maximum atomic E-state index is 13.9. The van der Waals surface area contributed by atoms with E-state index in [-0.39, 0.29) is 21.3 Å². The van der Waals surface area contributed by atoms with E-state index in [0.717, 1.165) is 7.11 Å². The van der Waals surface area contributed by atoms with Crippen molar-refractivity contribution in [1.29, 1.82) is 0 Å². The van der Waals surface area contributed by atoms with Crippen LogP contribution < -0.4 is 21.5 Å². The predicted molar refractivity (Wildman–Crippen MR) is 149 cm³/mol. The quantitative estimate of drug-likeness (QED) is 0.319. The van der Waals surface area contributed by atoms with Crippen LogP contribution in [0.1, 0.15) is 5.56 Å². The molecule has 4 aromatic carbocycles. The van der Waals surface area contributed by atoms with Crippen molar-refractivity contribution < 1.29 is 17.7 Å². The van der Waals surface area contributed by atoms with Gasteiger partial charge in [-0.25, -0.2) is 4.98 Å². The average molecular weight is 537 g/mol. The molecular formula is C30H20N2O6S. The number of aromatic nitrogens is 1. The van der Waals surface area contributed by atoms with Crippen LogP contribution in [0.25, 0.3) is 27.4 Å². The monoisotopic (exact) mass is 536 g/mol. The number of anilines is 2. The zero-order chi connectivity index (χ0) is 27.3. The van der Waals surface area contributed by atoms with E-state index < -0.39 is 15.7 Å². The number of nitrogens with one attached hydrogen (secondary N) is 1. The van der Waals surface area contributed by atoms with E-state index in [2.05, 4.69) is 14.5 Å². The molecule has 0 radical (unpaired) electrons. The SMILES string of the molecule is COS(=O)(=O)c1ccc(Nc2ccc3nc(=O)/c(=C(\O)c4ccccc4)c4c5ccccc5c(=O)c2c3=4)cc1. The summed E-state index contributed by atoms with van der Waals surface area (Å²) in [4.78, 5) is 31.4. The van der Waals surface area contributed by atoms with Crippen LogP contribution >= 0.6 is 0 Å². The molecule has 0 saturated heterocycles. The van der Waals surface area contributed by atoms with Gasteiger partial charge in [0.1, 0.15) is 5.76 Å². The van der Waals surface area contributed by atoms with Crippen molar-refractivity contribution in [1.82, 2.24) is 4.98 Å². The second-order valence-electron chi connectivity index (χ2n) is 8.91. The minimum atomic E-state index is -3.85. The summed E-state index contributed by atoms with van der Waals surface area (Å²) >= 11 is 0. The van der Waals surface area contributed by atoms with Crippen molar-refractivity contribution in [2.24, 2.45) is 0 Å². The van der Waals surface area contributed by atoms with Gasteiger partial charge in [-0.1, -0.05) is 54.6 Å². The number of benzene rings is 4. The first kappa shape index (κ1) is 24.5. The maximum Gasteiger partial charge on any atom is 0.296 e. The van der Waals surface area contributed by atoms with Gasteiger partial charge >= 0.3 is 0 Å². The van der Waals surface area contributed by atoms with Crippen LogP contribution in [-0.4, -0.2) is 25.6 Å². The highest BCUT2D eigenvalue weighted by atomic mass is 32.2. The molecule has 2 N–H and O–H groups in total. The smallest absolute Gasteiger partial charge is 0.296 e. The number of fused-ring (bicyclic) bond motifs is 2. The first-order chi connectivity index (χ1) is 18.8. The molecule has 0 saturated carbocycles. The highest BCUT2D eigenvalue weighted by Gasteiger charge is 2.18. The van der Waals surface area contributed by atoms with E-state index in [1.54, 1.807) is 78.9 Å². The van der Waals surface area contributed by atoms with Gasteiger partial charge in [-0.05, 0) is 41.8 Å². The Balaban J connectivity index is 1.73. The minimum Gasteiger partial charge on any atom is -0.506 e. The van der Waals surface area contributed by atoms with Crippen LogP contribution in [0.4, 0.5) is 11.4 Å². The first-order valence-electron chi connectivity index (χ1n) is 11.9. The summed E-state index contributed by atoms with van der Waals surface area (Å²) < 4.78 is 28.6.